The maximum Gasteiger partial charge on any atom is 0.0281 e. The zero-order valence-corrected chi connectivity index (χ0v) is 11.8. The lowest BCUT2D eigenvalue weighted by atomic mass is 10.0. The van der Waals surface area contributed by atoms with Crippen molar-refractivity contribution in [1.29, 1.82) is 0 Å². The van der Waals surface area contributed by atoms with Crippen LogP contribution in [0.5, 0.6) is 0 Å². The number of hydrogen-bond donors (Lipinski definition) is 0. The summed E-state index contributed by atoms with van der Waals surface area (Å²) in [6.07, 6.45) is 2.33. The lowest BCUT2D eigenvalue weighted by Crippen LogP contribution is -2.24. The Hall–Kier alpha value is -1.17. The Bertz CT molecular complexity index is 515. The van der Waals surface area contributed by atoms with Crippen molar-refractivity contribution in [3.8, 4) is 0 Å². The summed E-state index contributed by atoms with van der Waals surface area (Å²) in [5.74, 6) is 0. The van der Waals surface area contributed by atoms with Crippen LogP contribution in [0.3, 0.4) is 0 Å². The highest BCUT2D eigenvalue weighted by Gasteiger charge is 2.24. The zero-order chi connectivity index (χ0) is 12.5. The van der Waals surface area contributed by atoms with Crippen molar-refractivity contribution < 1.29 is 0 Å². The SMILES string of the molecule is CN(C)P1c2ccccc2CCc2ccccc21. The smallest absolute Gasteiger partial charge is 0.0281 e. The molecule has 0 fully saturated rings. The van der Waals surface area contributed by atoms with E-state index in [1.54, 1.807) is 0 Å². The molecule has 2 aromatic carbocycles. The van der Waals surface area contributed by atoms with Gasteiger partial charge in [0.05, 0.1) is 0 Å². The fraction of sp³-hybridized carbons (Fsp3) is 0.250. The molecule has 0 spiro atoms. The van der Waals surface area contributed by atoms with Crippen molar-refractivity contribution in [2.75, 3.05) is 14.1 Å². The molecule has 0 atom stereocenters. The summed E-state index contributed by atoms with van der Waals surface area (Å²) in [6, 6.07) is 17.9. The molecule has 1 heterocycles. The van der Waals surface area contributed by atoms with Gasteiger partial charge in [-0.2, -0.15) is 0 Å². The summed E-state index contributed by atoms with van der Waals surface area (Å²) in [4.78, 5) is 0. The molecule has 0 amide bonds. The molecule has 0 unspecified atom stereocenters. The predicted molar refractivity (Wildman–Crippen MR) is 80.2 cm³/mol. The molecule has 2 heteroatoms. The molecule has 1 aliphatic heterocycles. The first-order chi connectivity index (χ1) is 8.77. The van der Waals surface area contributed by atoms with Gasteiger partial charge in [0, 0.05) is 8.07 Å². The maximum absolute atomic E-state index is 2.39. The maximum atomic E-state index is 2.39. The summed E-state index contributed by atoms with van der Waals surface area (Å²) >= 11 is 0. The molecule has 1 aliphatic rings. The molecule has 1 nitrogen and oxygen atoms in total. The van der Waals surface area contributed by atoms with Gasteiger partial charge in [-0.25, -0.2) is 0 Å². The molecule has 0 saturated carbocycles. The third-order valence-electron chi connectivity index (χ3n) is 3.50. The highest BCUT2D eigenvalue weighted by Crippen LogP contribution is 2.39. The van der Waals surface area contributed by atoms with Gasteiger partial charge in [-0.15, -0.1) is 0 Å². The summed E-state index contributed by atoms with van der Waals surface area (Å²) in [5, 5.41) is 3.06. The van der Waals surface area contributed by atoms with E-state index in [4.69, 9.17) is 0 Å². The molecule has 2 aromatic rings. The van der Waals surface area contributed by atoms with E-state index in [9.17, 15) is 0 Å². The monoisotopic (exact) mass is 255 g/mol. The highest BCUT2D eigenvalue weighted by atomic mass is 31.1. The van der Waals surface area contributed by atoms with Crippen LogP contribution in [0.25, 0.3) is 0 Å². The largest absolute Gasteiger partial charge is 0.281 e. The molecule has 0 bridgehead atoms. The average molecular weight is 255 g/mol. The van der Waals surface area contributed by atoms with Gasteiger partial charge in [0.1, 0.15) is 0 Å². The number of fused-ring (bicyclic) bond motifs is 2. The second-order valence-electron chi connectivity index (χ2n) is 4.92. The Morgan fingerprint density at radius 2 is 1.22 bits per heavy atom. The van der Waals surface area contributed by atoms with Crippen molar-refractivity contribution >= 4 is 18.7 Å². The lowest BCUT2D eigenvalue weighted by Gasteiger charge is -2.26. The third kappa shape index (κ3) is 1.98. The van der Waals surface area contributed by atoms with Gasteiger partial charge in [0.15, 0.2) is 0 Å². The standard InChI is InChI=1S/C16H18NP/c1-17(2)18-15-9-5-3-7-13(15)11-12-14-8-4-6-10-16(14)18/h3-10H,11-12H2,1-2H3. The van der Waals surface area contributed by atoms with E-state index in [0.29, 0.717) is 0 Å². The van der Waals surface area contributed by atoms with Gasteiger partial charge in [-0.05, 0) is 48.7 Å². The van der Waals surface area contributed by atoms with Crippen molar-refractivity contribution in [2.45, 2.75) is 12.8 Å². The van der Waals surface area contributed by atoms with Crippen LogP contribution in [0.2, 0.25) is 0 Å². The molecule has 0 N–H and O–H groups in total. The minimum Gasteiger partial charge on any atom is -0.281 e. The van der Waals surface area contributed by atoms with Crippen molar-refractivity contribution in [3.63, 3.8) is 0 Å². The molecule has 92 valence electrons. The minimum atomic E-state index is -0.356. The average Bonchev–Trinajstić information content (AvgIpc) is 2.55. The number of hydrogen-bond acceptors (Lipinski definition) is 1. The quantitative estimate of drug-likeness (QED) is 0.708. The highest BCUT2D eigenvalue weighted by molar-refractivity contribution is 7.71. The predicted octanol–water partition coefficient (Wildman–Crippen LogP) is 2.69. The van der Waals surface area contributed by atoms with Crippen LogP contribution in [0.15, 0.2) is 48.5 Å². The molecular weight excluding hydrogens is 237 g/mol. The molecule has 0 radical (unpaired) electrons. The number of aryl methyl sites for hydroxylation is 2. The van der Waals surface area contributed by atoms with E-state index in [1.807, 2.05) is 0 Å². The van der Waals surface area contributed by atoms with Crippen LogP contribution >= 0.6 is 8.07 Å². The second-order valence-corrected chi connectivity index (χ2v) is 7.30. The summed E-state index contributed by atoms with van der Waals surface area (Å²) in [7, 11) is 4.04. The van der Waals surface area contributed by atoms with Gasteiger partial charge in [-0.3, -0.25) is 4.67 Å². The van der Waals surface area contributed by atoms with Gasteiger partial charge in [-0.1, -0.05) is 48.5 Å². The van der Waals surface area contributed by atoms with Crippen LogP contribution in [-0.2, 0) is 12.8 Å². The van der Waals surface area contributed by atoms with Crippen molar-refractivity contribution in [1.82, 2.24) is 4.67 Å². The molecule has 0 aromatic heterocycles. The summed E-state index contributed by atoms with van der Waals surface area (Å²) in [5.41, 5.74) is 3.04. The van der Waals surface area contributed by atoms with Crippen LogP contribution in [0, 0.1) is 0 Å². The Balaban J connectivity index is 2.21. The van der Waals surface area contributed by atoms with E-state index in [-0.39, 0.29) is 8.07 Å². The summed E-state index contributed by atoms with van der Waals surface area (Å²) < 4.78 is 2.39. The number of benzene rings is 2. The van der Waals surface area contributed by atoms with Crippen molar-refractivity contribution in [3.05, 3.63) is 59.7 Å². The third-order valence-corrected chi connectivity index (χ3v) is 6.09. The Labute approximate surface area is 110 Å². The van der Waals surface area contributed by atoms with Gasteiger partial charge in [0.2, 0.25) is 0 Å². The van der Waals surface area contributed by atoms with Crippen LogP contribution < -0.4 is 10.6 Å². The van der Waals surface area contributed by atoms with Crippen LogP contribution in [0.4, 0.5) is 0 Å². The zero-order valence-electron chi connectivity index (χ0n) is 10.9. The van der Waals surface area contributed by atoms with Crippen LogP contribution in [0.1, 0.15) is 11.1 Å². The topological polar surface area (TPSA) is 3.24 Å². The normalized spacial score (nSPS) is 15.1. The fourth-order valence-electron chi connectivity index (χ4n) is 2.69. The van der Waals surface area contributed by atoms with E-state index in [1.165, 1.54) is 34.6 Å². The van der Waals surface area contributed by atoms with Gasteiger partial charge >= 0.3 is 0 Å². The molecule has 18 heavy (non-hydrogen) atoms. The minimum absolute atomic E-state index is 0.356. The Morgan fingerprint density at radius 3 is 1.67 bits per heavy atom. The first-order valence-corrected chi connectivity index (χ1v) is 7.70. The van der Waals surface area contributed by atoms with Gasteiger partial charge in [0.25, 0.3) is 0 Å². The molecule has 0 aliphatic carbocycles. The van der Waals surface area contributed by atoms with E-state index >= 15 is 0 Å². The molecule has 3 rings (SSSR count). The second kappa shape index (κ2) is 4.84. The van der Waals surface area contributed by atoms with Crippen molar-refractivity contribution in [2.24, 2.45) is 0 Å². The van der Waals surface area contributed by atoms with E-state index in [2.05, 4.69) is 67.3 Å². The Kier molecular flexibility index (Phi) is 3.20. The number of nitrogens with zero attached hydrogens (tertiary/aromatic N) is 1. The number of rotatable bonds is 1. The molecular formula is C16H18NP. The van der Waals surface area contributed by atoms with Crippen LogP contribution in [-0.4, -0.2) is 18.8 Å². The van der Waals surface area contributed by atoms with E-state index in [0.717, 1.165) is 0 Å². The lowest BCUT2D eigenvalue weighted by molar-refractivity contribution is 0.689. The first kappa shape index (κ1) is 11.9. The fourth-order valence-corrected chi connectivity index (χ4v) is 5.18. The molecule has 0 saturated heterocycles. The van der Waals surface area contributed by atoms with Gasteiger partial charge < -0.3 is 0 Å². The Morgan fingerprint density at radius 1 is 0.778 bits per heavy atom. The summed E-state index contributed by atoms with van der Waals surface area (Å²) in [6.45, 7) is 0. The first-order valence-electron chi connectivity index (χ1n) is 6.40. The van der Waals surface area contributed by atoms with E-state index < -0.39 is 0 Å².